The second kappa shape index (κ2) is 7.71. The molecule has 1 heterocycles. The van der Waals surface area contributed by atoms with Crippen molar-refractivity contribution in [3.05, 3.63) is 34.9 Å². The molecule has 0 saturated heterocycles. The van der Waals surface area contributed by atoms with Gasteiger partial charge < -0.3 is 25.2 Å². The quantitative estimate of drug-likeness (QED) is 0.255. The second-order valence-electron chi connectivity index (χ2n) is 8.61. The summed E-state index contributed by atoms with van der Waals surface area (Å²) in [4.78, 5) is 0. The Morgan fingerprint density at radius 1 is 1.17 bits per heavy atom. The Labute approximate surface area is 176 Å². The largest absolute Gasteiger partial charge is 0.507 e. The molecule has 150 valence electrons. The molecule has 3 unspecified atom stereocenters. The number of hydrogen-bond donors (Lipinski definition) is 4. The van der Waals surface area contributed by atoms with E-state index in [1.165, 1.54) is 0 Å². The summed E-state index contributed by atoms with van der Waals surface area (Å²) in [6.07, 6.45) is 6.30. The number of phenols is 1. The molecule has 29 heavy (non-hydrogen) atoms. The molecule has 1 aliphatic heterocycles. The van der Waals surface area contributed by atoms with E-state index in [1.54, 1.807) is 19.1 Å². The van der Waals surface area contributed by atoms with Gasteiger partial charge in [-0.1, -0.05) is 31.4 Å². The number of aliphatic hydroxyl groups is 3. The van der Waals surface area contributed by atoms with Gasteiger partial charge in [-0.25, -0.2) is 0 Å². The normalized spacial score (nSPS) is 26.9. The van der Waals surface area contributed by atoms with Crippen molar-refractivity contribution in [2.24, 2.45) is 5.92 Å². The molecule has 6 radical (unpaired) electrons. The van der Waals surface area contributed by atoms with Gasteiger partial charge in [0.25, 0.3) is 0 Å². The van der Waals surface area contributed by atoms with Gasteiger partial charge in [-0.05, 0) is 50.3 Å². The molecule has 1 aromatic rings. The number of fused-ring (bicyclic) bond motifs is 3. The summed E-state index contributed by atoms with van der Waals surface area (Å²) in [7, 11) is 17.1. The zero-order chi connectivity index (χ0) is 21.6. The van der Waals surface area contributed by atoms with Crippen molar-refractivity contribution >= 4 is 23.5 Å². The van der Waals surface area contributed by atoms with Gasteiger partial charge in [-0.3, -0.25) is 0 Å². The van der Waals surface area contributed by atoms with Crippen molar-refractivity contribution < 1.29 is 25.2 Å². The summed E-state index contributed by atoms with van der Waals surface area (Å²) in [5, 5.41) is 39.5. The van der Waals surface area contributed by atoms with E-state index in [4.69, 9.17) is 28.3 Å². The highest BCUT2D eigenvalue weighted by Gasteiger charge is 2.56. The molecule has 2 aliphatic rings. The van der Waals surface area contributed by atoms with E-state index in [9.17, 15) is 20.4 Å². The van der Waals surface area contributed by atoms with Crippen LogP contribution in [0.5, 0.6) is 11.5 Å². The number of allylic oxidation sites excluding steroid dienone is 1. The third kappa shape index (κ3) is 4.12. The van der Waals surface area contributed by atoms with E-state index in [-0.39, 0.29) is 5.75 Å². The highest BCUT2D eigenvalue weighted by molar-refractivity contribution is 6.41. The fourth-order valence-corrected chi connectivity index (χ4v) is 4.61. The topological polar surface area (TPSA) is 90.2 Å². The minimum Gasteiger partial charge on any atom is -0.507 e. The first-order valence-electron chi connectivity index (χ1n) is 10.2. The molecule has 0 spiro atoms. The third-order valence-corrected chi connectivity index (χ3v) is 6.40. The van der Waals surface area contributed by atoms with Crippen LogP contribution < -0.4 is 4.74 Å². The average Bonchev–Trinajstić information content (AvgIpc) is 2.59. The Morgan fingerprint density at radius 2 is 1.86 bits per heavy atom. The van der Waals surface area contributed by atoms with Crippen LogP contribution in [0.3, 0.4) is 0 Å². The van der Waals surface area contributed by atoms with Gasteiger partial charge in [0.2, 0.25) is 0 Å². The smallest absolute Gasteiger partial charge is 0.159 e. The van der Waals surface area contributed by atoms with Gasteiger partial charge in [-0.15, -0.1) is 0 Å². The van der Waals surface area contributed by atoms with Crippen LogP contribution in [0.4, 0.5) is 0 Å². The van der Waals surface area contributed by atoms with Crippen molar-refractivity contribution in [3.63, 3.8) is 0 Å². The lowest BCUT2D eigenvalue weighted by molar-refractivity contribution is -0.227. The molecule has 0 aromatic heterocycles. The van der Waals surface area contributed by atoms with Crippen LogP contribution in [0.25, 0.3) is 0 Å². The number of phenolic OH excluding ortho intramolecular Hbond substituents is 1. The zero-order valence-corrected chi connectivity index (χ0v) is 17.1. The maximum absolute atomic E-state index is 10.8. The lowest BCUT2D eigenvalue weighted by atomic mass is 9.54. The van der Waals surface area contributed by atoms with Gasteiger partial charge in [-0.2, -0.15) is 0 Å². The number of unbranched alkanes of at least 4 members (excludes halogenated alkanes) is 2. The highest BCUT2D eigenvalue weighted by Crippen LogP contribution is 2.56. The predicted molar refractivity (Wildman–Crippen MR) is 113 cm³/mol. The van der Waals surface area contributed by atoms with Gasteiger partial charge in [0, 0.05) is 22.8 Å². The predicted octanol–water partition coefficient (Wildman–Crippen LogP) is 1.49. The van der Waals surface area contributed by atoms with E-state index < -0.39 is 28.5 Å². The first-order chi connectivity index (χ1) is 13.4. The molecule has 8 heteroatoms. The van der Waals surface area contributed by atoms with Crippen molar-refractivity contribution in [1.29, 1.82) is 0 Å². The molecular formula is C21H27B3O5. The van der Waals surface area contributed by atoms with Crippen LogP contribution in [-0.4, -0.2) is 60.7 Å². The Bertz CT molecular complexity index is 797. The van der Waals surface area contributed by atoms with Crippen molar-refractivity contribution in [1.82, 2.24) is 0 Å². The summed E-state index contributed by atoms with van der Waals surface area (Å²) >= 11 is 0. The number of rotatable bonds is 6. The molecule has 4 N–H and O–H groups in total. The first kappa shape index (κ1) is 22.3. The monoisotopic (exact) mass is 392 g/mol. The Balaban J connectivity index is 2.12. The molecule has 1 aromatic carbocycles. The van der Waals surface area contributed by atoms with Gasteiger partial charge in [0.05, 0.1) is 0 Å². The van der Waals surface area contributed by atoms with E-state index in [1.807, 2.05) is 6.07 Å². The molecule has 0 amide bonds. The summed E-state index contributed by atoms with van der Waals surface area (Å²) in [6.45, 7) is 3.66. The maximum Gasteiger partial charge on any atom is 0.159 e. The maximum atomic E-state index is 10.8. The fourth-order valence-electron chi connectivity index (χ4n) is 4.61. The highest BCUT2D eigenvalue weighted by atomic mass is 16.6. The van der Waals surface area contributed by atoms with Crippen LogP contribution in [0.15, 0.2) is 23.8 Å². The zero-order valence-electron chi connectivity index (χ0n) is 17.1. The van der Waals surface area contributed by atoms with Gasteiger partial charge in [0.15, 0.2) is 19.1 Å². The summed E-state index contributed by atoms with van der Waals surface area (Å²) in [5.74, 6) is -0.580. The number of benzene rings is 1. The van der Waals surface area contributed by atoms with Crippen LogP contribution in [-0.2, 0) is 6.42 Å². The third-order valence-electron chi connectivity index (χ3n) is 6.40. The lowest BCUT2D eigenvalue weighted by Gasteiger charge is -2.53. The SMILES string of the molecule is [B]C([B])(O)C1=CC2c3c(O)cc(CCCCC)cc3OC(C)(C([B])(O)O)C2CC1. The number of aryl methyl sites for hydroxylation is 1. The number of hydrogen-bond acceptors (Lipinski definition) is 5. The van der Waals surface area contributed by atoms with Crippen LogP contribution in [0.2, 0.25) is 0 Å². The molecule has 5 nitrogen and oxygen atoms in total. The van der Waals surface area contributed by atoms with E-state index >= 15 is 0 Å². The second-order valence-corrected chi connectivity index (χ2v) is 8.61. The minimum absolute atomic E-state index is 0.0552. The molecule has 3 rings (SSSR count). The van der Waals surface area contributed by atoms with Gasteiger partial charge in [0.1, 0.15) is 27.2 Å². The van der Waals surface area contributed by atoms with Crippen LogP contribution in [0, 0.1) is 5.92 Å². The number of aromatic hydroxyl groups is 1. The average molecular weight is 392 g/mol. The van der Waals surface area contributed by atoms with E-state index in [0.29, 0.717) is 29.7 Å². The molecule has 0 bridgehead atoms. The summed E-state index contributed by atoms with van der Waals surface area (Å²) in [6, 6.07) is 3.52. The molecule has 1 aliphatic carbocycles. The molecule has 0 fully saturated rings. The Morgan fingerprint density at radius 3 is 2.45 bits per heavy atom. The van der Waals surface area contributed by atoms with Gasteiger partial charge >= 0.3 is 0 Å². The standard InChI is InChI=1S/C21H27B3O5/c1-3-4-5-6-12-9-16(25)18-14-11-13(20(22,23)26)7-8-15(14)19(2,21(24,27)28)29-17(18)10-12/h9-11,14-15,25-28H,3-8H2,1-2H3. The van der Waals surface area contributed by atoms with E-state index in [0.717, 1.165) is 31.2 Å². The number of ether oxygens (including phenoxy) is 1. The van der Waals surface area contributed by atoms with Crippen LogP contribution in [0.1, 0.15) is 63.0 Å². The Hall–Kier alpha value is -1.37. The molecular weight excluding hydrogens is 365 g/mol. The summed E-state index contributed by atoms with van der Waals surface area (Å²) in [5.41, 5.74) is -2.34. The minimum atomic E-state index is -2.62. The van der Waals surface area contributed by atoms with Crippen molar-refractivity contribution in [2.75, 3.05) is 0 Å². The fraction of sp³-hybridized carbons (Fsp3) is 0.619. The molecule has 0 saturated carbocycles. The summed E-state index contributed by atoms with van der Waals surface area (Å²) < 4.78 is 6.06. The van der Waals surface area contributed by atoms with Crippen LogP contribution >= 0.6 is 0 Å². The molecule has 3 atom stereocenters. The Kier molecular flexibility index (Phi) is 5.94. The van der Waals surface area contributed by atoms with Crippen molar-refractivity contribution in [3.8, 4) is 11.5 Å². The lowest BCUT2D eigenvalue weighted by Crippen LogP contribution is -2.64. The van der Waals surface area contributed by atoms with E-state index in [2.05, 4.69) is 6.92 Å². The van der Waals surface area contributed by atoms with Crippen molar-refractivity contribution in [2.45, 2.75) is 75.0 Å². The first-order valence-corrected chi connectivity index (χ1v) is 10.2.